The number of carbonyl (C=O) groups excluding carboxylic acids is 1. The maximum Gasteiger partial charge on any atom is 0.200 e. The van der Waals surface area contributed by atoms with Crippen molar-refractivity contribution in [1.82, 2.24) is 0 Å². The number of ether oxygens (including phenoxy) is 2. The van der Waals surface area contributed by atoms with E-state index in [1.165, 1.54) is 22.3 Å². The average molecular weight is 336 g/mol. The van der Waals surface area contributed by atoms with Crippen LogP contribution in [0.4, 0.5) is 0 Å². The molecule has 0 heterocycles. The van der Waals surface area contributed by atoms with E-state index in [9.17, 15) is 4.79 Å². The molecule has 3 heteroatoms. The van der Waals surface area contributed by atoms with Crippen molar-refractivity contribution in [2.75, 3.05) is 6.61 Å². The molecule has 0 aliphatic heterocycles. The van der Waals surface area contributed by atoms with Crippen LogP contribution in [-0.4, -0.2) is 18.7 Å². The monoisotopic (exact) mass is 336 g/mol. The van der Waals surface area contributed by atoms with Crippen molar-refractivity contribution in [1.29, 1.82) is 0 Å². The molecule has 2 aromatic rings. The third kappa shape index (κ3) is 3.83. The second kappa shape index (κ2) is 7.66. The molecule has 1 aliphatic carbocycles. The van der Waals surface area contributed by atoms with Gasteiger partial charge in [0, 0.05) is 12.0 Å². The van der Waals surface area contributed by atoms with Crippen LogP contribution in [0.15, 0.2) is 49.1 Å². The van der Waals surface area contributed by atoms with Crippen LogP contribution in [0.1, 0.15) is 48.2 Å². The Morgan fingerprint density at radius 3 is 2.60 bits per heavy atom. The van der Waals surface area contributed by atoms with Crippen molar-refractivity contribution in [2.45, 2.75) is 39.4 Å². The third-order valence-electron chi connectivity index (χ3n) is 4.45. The maximum atomic E-state index is 11.6. The van der Waals surface area contributed by atoms with Crippen LogP contribution in [-0.2, 0) is 11.2 Å². The van der Waals surface area contributed by atoms with Gasteiger partial charge in [0.15, 0.2) is 12.1 Å². The van der Waals surface area contributed by atoms with Gasteiger partial charge in [-0.3, -0.25) is 4.79 Å². The Bertz CT molecular complexity index is 792. The first kappa shape index (κ1) is 17.4. The fourth-order valence-electron chi connectivity index (χ4n) is 3.22. The summed E-state index contributed by atoms with van der Waals surface area (Å²) < 4.78 is 11.7. The number of fused-ring (bicyclic) bond motifs is 3. The van der Waals surface area contributed by atoms with E-state index >= 15 is 0 Å². The quantitative estimate of drug-likeness (QED) is 0.323. The minimum Gasteiger partial charge on any atom is -0.465 e. The molecule has 2 aromatic carbocycles. The van der Waals surface area contributed by atoms with E-state index in [4.69, 9.17) is 9.47 Å². The van der Waals surface area contributed by atoms with Crippen LogP contribution in [0.3, 0.4) is 0 Å². The summed E-state index contributed by atoms with van der Waals surface area (Å²) in [7, 11) is 0. The van der Waals surface area contributed by atoms with Gasteiger partial charge in [-0.1, -0.05) is 37.6 Å². The Balaban J connectivity index is 1.80. The van der Waals surface area contributed by atoms with E-state index in [0.717, 1.165) is 30.6 Å². The number of hydrogen-bond donors (Lipinski definition) is 0. The average Bonchev–Trinajstić information content (AvgIpc) is 2.96. The predicted octanol–water partition coefficient (Wildman–Crippen LogP) is 5.17. The topological polar surface area (TPSA) is 35.5 Å². The standard InChI is InChI=1S/C22H24O3/c1-4-6-22(24-11-5-2)25-19-8-10-21-18(14-19)13-17-12-16(15(3)23)7-9-20(17)21/h5,7-10,12,14,22H,2,4,6,11,13H2,1,3H3. The molecule has 130 valence electrons. The smallest absolute Gasteiger partial charge is 0.200 e. The summed E-state index contributed by atoms with van der Waals surface area (Å²) in [4.78, 5) is 11.6. The number of hydrogen-bond acceptors (Lipinski definition) is 3. The van der Waals surface area contributed by atoms with Gasteiger partial charge in [0.1, 0.15) is 5.75 Å². The first-order chi connectivity index (χ1) is 12.1. The van der Waals surface area contributed by atoms with Crippen molar-refractivity contribution in [3.8, 4) is 16.9 Å². The molecule has 0 saturated carbocycles. The molecule has 3 nitrogen and oxygen atoms in total. The molecule has 1 aliphatic rings. The van der Waals surface area contributed by atoms with Crippen LogP contribution in [0.2, 0.25) is 0 Å². The van der Waals surface area contributed by atoms with Gasteiger partial charge < -0.3 is 9.47 Å². The van der Waals surface area contributed by atoms with Gasteiger partial charge >= 0.3 is 0 Å². The first-order valence-corrected chi connectivity index (χ1v) is 8.78. The summed E-state index contributed by atoms with van der Waals surface area (Å²) >= 11 is 0. The largest absolute Gasteiger partial charge is 0.465 e. The van der Waals surface area contributed by atoms with Crippen LogP contribution in [0.25, 0.3) is 11.1 Å². The van der Waals surface area contributed by atoms with E-state index in [1.807, 2.05) is 24.3 Å². The van der Waals surface area contributed by atoms with Gasteiger partial charge in [-0.15, -0.1) is 6.58 Å². The molecule has 0 amide bonds. The maximum absolute atomic E-state index is 11.6. The zero-order valence-electron chi connectivity index (χ0n) is 14.9. The van der Waals surface area contributed by atoms with Crippen molar-refractivity contribution >= 4 is 5.78 Å². The minimum atomic E-state index is -0.255. The molecule has 1 unspecified atom stereocenters. The van der Waals surface area contributed by atoms with Crippen LogP contribution < -0.4 is 4.74 Å². The molecule has 0 saturated heterocycles. The molecule has 0 bridgehead atoms. The second-order valence-electron chi connectivity index (χ2n) is 6.38. The van der Waals surface area contributed by atoms with E-state index in [2.05, 4.69) is 25.6 Å². The first-order valence-electron chi connectivity index (χ1n) is 8.78. The summed E-state index contributed by atoms with van der Waals surface area (Å²) in [5, 5.41) is 0. The zero-order valence-corrected chi connectivity index (χ0v) is 14.9. The Labute approximate surface area is 149 Å². The van der Waals surface area contributed by atoms with Gasteiger partial charge in [-0.2, -0.15) is 0 Å². The molecule has 0 N–H and O–H groups in total. The van der Waals surface area contributed by atoms with Crippen LogP contribution in [0.5, 0.6) is 5.75 Å². The Morgan fingerprint density at radius 2 is 1.92 bits per heavy atom. The summed E-state index contributed by atoms with van der Waals surface area (Å²) in [5.41, 5.74) is 5.62. The molecule has 1 atom stereocenters. The highest BCUT2D eigenvalue weighted by Gasteiger charge is 2.20. The Morgan fingerprint density at radius 1 is 1.20 bits per heavy atom. The zero-order chi connectivity index (χ0) is 17.8. The number of ketones is 1. The third-order valence-corrected chi connectivity index (χ3v) is 4.45. The highest BCUT2D eigenvalue weighted by Crippen LogP contribution is 2.39. The number of carbonyl (C=O) groups is 1. The van der Waals surface area contributed by atoms with E-state index in [1.54, 1.807) is 13.0 Å². The van der Waals surface area contributed by atoms with Gasteiger partial charge in [-0.05, 0) is 53.8 Å². The molecule has 0 aromatic heterocycles. The number of benzene rings is 2. The Kier molecular flexibility index (Phi) is 5.34. The molecule has 0 spiro atoms. The van der Waals surface area contributed by atoms with Crippen molar-refractivity contribution in [3.63, 3.8) is 0 Å². The molecular formula is C22H24O3. The molecule has 0 radical (unpaired) electrons. The van der Waals surface area contributed by atoms with E-state index in [-0.39, 0.29) is 12.1 Å². The summed E-state index contributed by atoms with van der Waals surface area (Å²) in [6, 6.07) is 12.1. The Hall–Kier alpha value is -2.39. The fourth-order valence-corrected chi connectivity index (χ4v) is 3.22. The lowest BCUT2D eigenvalue weighted by molar-refractivity contribution is -0.0738. The van der Waals surface area contributed by atoms with Gasteiger partial charge in [0.2, 0.25) is 0 Å². The molecule has 0 fully saturated rings. The molecule has 25 heavy (non-hydrogen) atoms. The molecule has 3 rings (SSSR count). The van der Waals surface area contributed by atoms with Crippen molar-refractivity contribution < 1.29 is 14.3 Å². The highest BCUT2D eigenvalue weighted by atomic mass is 16.7. The van der Waals surface area contributed by atoms with Crippen molar-refractivity contribution in [3.05, 3.63) is 65.7 Å². The number of rotatable bonds is 8. The lowest BCUT2D eigenvalue weighted by Gasteiger charge is -2.19. The predicted molar refractivity (Wildman–Crippen MR) is 100 cm³/mol. The normalized spacial score (nSPS) is 13.0. The lowest BCUT2D eigenvalue weighted by atomic mass is 10.0. The second-order valence-corrected chi connectivity index (χ2v) is 6.38. The summed E-state index contributed by atoms with van der Waals surface area (Å²) in [5.74, 6) is 0.922. The lowest BCUT2D eigenvalue weighted by Crippen LogP contribution is -2.20. The van der Waals surface area contributed by atoms with Crippen LogP contribution >= 0.6 is 0 Å². The minimum absolute atomic E-state index is 0.101. The van der Waals surface area contributed by atoms with Gasteiger partial charge in [0.05, 0.1) is 6.61 Å². The summed E-state index contributed by atoms with van der Waals surface area (Å²) in [6.45, 7) is 7.88. The van der Waals surface area contributed by atoms with Crippen LogP contribution in [0, 0.1) is 0 Å². The van der Waals surface area contributed by atoms with Gasteiger partial charge in [0.25, 0.3) is 0 Å². The van der Waals surface area contributed by atoms with E-state index in [0.29, 0.717) is 6.61 Å². The molecular weight excluding hydrogens is 312 g/mol. The fraction of sp³-hybridized carbons (Fsp3) is 0.318. The summed E-state index contributed by atoms with van der Waals surface area (Å²) in [6.07, 6.45) is 4.14. The van der Waals surface area contributed by atoms with Gasteiger partial charge in [-0.25, -0.2) is 0 Å². The van der Waals surface area contributed by atoms with E-state index < -0.39 is 0 Å². The highest BCUT2D eigenvalue weighted by molar-refractivity contribution is 5.95. The van der Waals surface area contributed by atoms with Crippen molar-refractivity contribution in [2.24, 2.45) is 0 Å². The SMILES string of the molecule is C=CCOC(CCC)Oc1ccc2c(c1)Cc1cc(C(C)=O)ccc1-2. The number of Topliss-reactive ketones (excluding diaryl/α,β-unsaturated/α-hetero) is 1.